The van der Waals surface area contributed by atoms with E-state index in [-0.39, 0.29) is 0 Å². The number of halogens is 1. The molecular formula is C16H11ClN2. The lowest BCUT2D eigenvalue weighted by molar-refractivity contribution is 1.32. The highest BCUT2D eigenvalue weighted by molar-refractivity contribution is 6.31. The Morgan fingerprint density at radius 3 is 2.11 bits per heavy atom. The van der Waals surface area contributed by atoms with Crippen molar-refractivity contribution in [3.63, 3.8) is 0 Å². The fraction of sp³-hybridized carbons (Fsp3) is 0. The van der Waals surface area contributed by atoms with E-state index in [4.69, 9.17) is 11.6 Å². The van der Waals surface area contributed by atoms with E-state index in [9.17, 15) is 0 Å². The van der Waals surface area contributed by atoms with Crippen LogP contribution in [0.3, 0.4) is 0 Å². The topological polar surface area (TPSA) is 25.8 Å². The molecule has 0 amide bonds. The third kappa shape index (κ3) is 2.64. The molecule has 0 saturated carbocycles. The second-order valence-corrected chi connectivity index (χ2v) is 4.64. The number of rotatable bonds is 2. The van der Waals surface area contributed by atoms with Crippen molar-refractivity contribution in [2.45, 2.75) is 0 Å². The molecule has 2 nitrogen and oxygen atoms in total. The summed E-state index contributed by atoms with van der Waals surface area (Å²) in [5.74, 6) is 0. The summed E-state index contributed by atoms with van der Waals surface area (Å²) in [7, 11) is 0. The number of hydrogen-bond donors (Lipinski definition) is 0. The largest absolute Gasteiger partial charge is 0.265 e. The molecule has 2 aromatic heterocycles. The first-order chi connectivity index (χ1) is 9.33. The van der Waals surface area contributed by atoms with Crippen LogP contribution in [-0.2, 0) is 0 Å². The van der Waals surface area contributed by atoms with Crippen molar-refractivity contribution in [1.29, 1.82) is 0 Å². The Balaban J connectivity index is 2.12. The van der Waals surface area contributed by atoms with Gasteiger partial charge in [-0.25, -0.2) is 0 Å². The minimum Gasteiger partial charge on any atom is -0.265 e. The van der Waals surface area contributed by atoms with E-state index in [2.05, 4.69) is 16.0 Å². The number of benzene rings is 1. The lowest BCUT2D eigenvalue weighted by Gasteiger charge is -2.07. The maximum Gasteiger partial charge on any atom is 0.0418 e. The van der Waals surface area contributed by atoms with Crippen molar-refractivity contribution < 1.29 is 0 Å². The van der Waals surface area contributed by atoms with Gasteiger partial charge in [0.25, 0.3) is 0 Å². The predicted molar refractivity (Wildman–Crippen MR) is 77.9 cm³/mol. The number of aromatic nitrogens is 2. The summed E-state index contributed by atoms with van der Waals surface area (Å²) in [6.45, 7) is 0. The second-order valence-electron chi connectivity index (χ2n) is 4.21. The summed E-state index contributed by atoms with van der Waals surface area (Å²) in [6, 6.07) is 13.9. The highest BCUT2D eigenvalue weighted by Crippen LogP contribution is 2.29. The van der Waals surface area contributed by atoms with E-state index in [0.29, 0.717) is 5.02 Å². The molecule has 0 aliphatic carbocycles. The molecule has 19 heavy (non-hydrogen) atoms. The van der Waals surface area contributed by atoms with Gasteiger partial charge < -0.3 is 0 Å². The number of pyridine rings is 2. The Labute approximate surface area is 116 Å². The predicted octanol–water partition coefficient (Wildman–Crippen LogP) is 4.46. The van der Waals surface area contributed by atoms with Gasteiger partial charge in [0.15, 0.2) is 0 Å². The SMILES string of the molecule is Clc1cc(-c2ccncc2)cc(-c2cccnc2)c1. The zero-order valence-electron chi connectivity index (χ0n) is 10.1. The van der Waals surface area contributed by atoms with Crippen LogP contribution in [0.5, 0.6) is 0 Å². The molecule has 3 rings (SSSR count). The lowest BCUT2D eigenvalue weighted by Crippen LogP contribution is -1.83. The molecule has 3 heteroatoms. The second kappa shape index (κ2) is 5.21. The van der Waals surface area contributed by atoms with Gasteiger partial charge in [0.2, 0.25) is 0 Å². The summed E-state index contributed by atoms with van der Waals surface area (Å²) in [5, 5.41) is 0.716. The first-order valence-corrected chi connectivity index (χ1v) is 6.32. The van der Waals surface area contributed by atoms with E-state index in [1.54, 1.807) is 18.6 Å². The van der Waals surface area contributed by atoms with Crippen molar-refractivity contribution in [3.05, 3.63) is 72.3 Å². The van der Waals surface area contributed by atoms with E-state index in [1.165, 1.54) is 0 Å². The summed E-state index contributed by atoms with van der Waals surface area (Å²) < 4.78 is 0. The van der Waals surface area contributed by atoms with Gasteiger partial charge in [-0.3, -0.25) is 9.97 Å². The summed E-state index contributed by atoms with van der Waals surface area (Å²) >= 11 is 6.21. The van der Waals surface area contributed by atoms with Gasteiger partial charge in [-0.05, 0) is 53.1 Å². The van der Waals surface area contributed by atoms with Crippen molar-refractivity contribution in [1.82, 2.24) is 9.97 Å². The summed E-state index contributed by atoms with van der Waals surface area (Å²) in [4.78, 5) is 8.17. The Morgan fingerprint density at radius 2 is 1.42 bits per heavy atom. The average Bonchev–Trinajstić information content (AvgIpc) is 2.48. The van der Waals surface area contributed by atoms with Gasteiger partial charge in [0.05, 0.1) is 0 Å². The molecule has 0 unspecified atom stereocenters. The molecule has 92 valence electrons. The molecule has 0 fully saturated rings. The third-order valence-electron chi connectivity index (χ3n) is 2.91. The van der Waals surface area contributed by atoms with Crippen LogP contribution >= 0.6 is 11.6 Å². The normalized spacial score (nSPS) is 10.4. The van der Waals surface area contributed by atoms with E-state index in [1.807, 2.05) is 42.6 Å². The van der Waals surface area contributed by atoms with Crippen LogP contribution in [0.4, 0.5) is 0 Å². The number of nitrogens with zero attached hydrogens (tertiary/aromatic N) is 2. The van der Waals surface area contributed by atoms with Gasteiger partial charge in [-0.2, -0.15) is 0 Å². The Bertz CT molecular complexity index is 624. The standard InChI is InChI=1S/C16H11ClN2/c17-16-9-14(12-3-6-18-7-4-12)8-15(10-16)13-2-1-5-19-11-13/h1-11H. The highest BCUT2D eigenvalue weighted by atomic mass is 35.5. The molecule has 0 atom stereocenters. The Kier molecular flexibility index (Phi) is 3.25. The average molecular weight is 267 g/mol. The lowest BCUT2D eigenvalue weighted by atomic mass is 10.0. The van der Waals surface area contributed by atoms with Crippen molar-refractivity contribution >= 4 is 11.6 Å². The number of hydrogen-bond acceptors (Lipinski definition) is 2. The van der Waals surface area contributed by atoms with Crippen LogP contribution in [0.25, 0.3) is 22.3 Å². The first kappa shape index (κ1) is 11.9. The fourth-order valence-corrected chi connectivity index (χ4v) is 2.24. The molecule has 0 N–H and O–H groups in total. The fourth-order valence-electron chi connectivity index (χ4n) is 2.00. The van der Waals surface area contributed by atoms with Crippen molar-refractivity contribution in [2.75, 3.05) is 0 Å². The quantitative estimate of drug-likeness (QED) is 0.684. The molecule has 0 radical (unpaired) electrons. The van der Waals surface area contributed by atoms with Crippen LogP contribution in [0, 0.1) is 0 Å². The van der Waals surface area contributed by atoms with Crippen molar-refractivity contribution in [3.8, 4) is 22.3 Å². The van der Waals surface area contributed by atoms with Crippen molar-refractivity contribution in [2.24, 2.45) is 0 Å². The van der Waals surface area contributed by atoms with Gasteiger partial charge in [0, 0.05) is 35.4 Å². The summed E-state index contributed by atoms with van der Waals surface area (Å²) in [5.41, 5.74) is 4.30. The minimum absolute atomic E-state index is 0.716. The molecule has 0 spiro atoms. The maximum absolute atomic E-state index is 6.21. The third-order valence-corrected chi connectivity index (χ3v) is 3.12. The van der Waals surface area contributed by atoms with Crippen LogP contribution < -0.4 is 0 Å². The maximum atomic E-state index is 6.21. The Hall–Kier alpha value is -2.19. The molecular weight excluding hydrogens is 256 g/mol. The zero-order chi connectivity index (χ0) is 13.1. The molecule has 3 aromatic rings. The van der Waals surface area contributed by atoms with E-state index in [0.717, 1.165) is 22.3 Å². The smallest absolute Gasteiger partial charge is 0.0418 e. The monoisotopic (exact) mass is 266 g/mol. The zero-order valence-corrected chi connectivity index (χ0v) is 10.9. The molecule has 0 aliphatic rings. The molecule has 2 heterocycles. The van der Waals surface area contributed by atoms with Gasteiger partial charge in [0.1, 0.15) is 0 Å². The molecule has 0 saturated heterocycles. The van der Waals surface area contributed by atoms with Gasteiger partial charge in [-0.1, -0.05) is 17.7 Å². The van der Waals surface area contributed by atoms with E-state index < -0.39 is 0 Å². The Morgan fingerprint density at radius 1 is 0.684 bits per heavy atom. The van der Waals surface area contributed by atoms with Gasteiger partial charge in [-0.15, -0.1) is 0 Å². The van der Waals surface area contributed by atoms with Gasteiger partial charge >= 0.3 is 0 Å². The highest BCUT2D eigenvalue weighted by Gasteiger charge is 2.04. The van der Waals surface area contributed by atoms with Crippen LogP contribution in [0.2, 0.25) is 5.02 Å². The van der Waals surface area contributed by atoms with Crippen LogP contribution in [0.1, 0.15) is 0 Å². The molecule has 0 bridgehead atoms. The minimum atomic E-state index is 0.716. The first-order valence-electron chi connectivity index (χ1n) is 5.94. The molecule has 1 aromatic carbocycles. The summed E-state index contributed by atoms with van der Waals surface area (Å²) in [6.07, 6.45) is 7.15. The van der Waals surface area contributed by atoms with Crippen LogP contribution in [0.15, 0.2) is 67.3 Å². The van der Waals surface area contributed by atoms with E-state index >= 15 is 0 Å². The molecule has 0 aliphatic heterocycles. The van der Waals surface area contributed by atoms with Crippen LogP contribution in [-0.4, -0.2) is 9.97 Å².